The molecule has 1 unspecified atom stereocenters. The summed E-state index contributed by atoms with van der Waals surface area (Å²) in [5.41, 5.74) is 1.50. The van der Waals surface area contributed by atoms with Crippen molar-refractivity contribution in [1.29, 1.82) is 0 Å². The number of urea groups is 1. The summed E-state index contributed by atoms with van der Waals surface area (Å²) in [5.74, 6) is -0.232. The number of thiophene rings is 1. The van der Waals surface area contributed by atoms with Crippen molar-refractivity contribution in [3.05, 3.63) is 68.5 Å². The molecule has 1 aromatic carbocycles. The number of tetrazole rings is 1. The van der Waals surface area contributed by atoms with E-state index in [0.717, 1.165) is 10.4 Å². The minimum absolute atomic E-state index is 0.211. The summed E-state index contributed by atoms with van der Waals surface area (Å²) in [6, 6.07) is 9.85. The number of hydrogen-bond donors (Lipinski definition) is 2. The maximum absolute atomic E-state index is 12.9. The van der Waals surface area contributed by atoms with Gasteiger partial charge in [0.25, 0.3) is 0 Å². The van der Waals surface area contributed by atoms with Gasteiger partial charge in [-0.05, 0) is 46.5 Å². The molecule has 0 spiro atoms. The number of aromatic nitrogens is 4. The van der Waals surface area contributed by atoms with Gasteiger partial charge in [0.05, 0.1) is 24.8 Å². The molecule has 3 heterocycles. The molecule has 0 radical (unpaired) electrons. The van der Waals surface area contributed by atoms with Crippen molar-refractivity contribution in [2.75, 3.05) is 12.4 Å². The highest BCUT2D eigenvalue weighted by molar-refractivity contribution is 7.99. The van der Waals surface area contributed by atoms with Crippen LogP contribution in [0.5, 0.6) is 0 Å². The van der Waals surface area contributed by atoms with Gasteiger partial charge in [-0.1, -0.05) is 41.6 Å². The van der Waals surface area contributed by atoms with Crippen LogP contribution in [0, 0.1) is 0 Å². The molecule has 0 bridgehead atoms. The first-order valence-electron chi connectivity index (χ1n) is 9.69. The van der Waals surface area contributed by atoms with Crippen molar-refractivity contribution in [3.63, 3.8) is 0 Å². The van der Waals surface area contributed by atoms with Crippen LogP contribution in [0.25, 0.3) is 0 Å². The van der Waals surface area contributed by atoms with Crippen LogP contribution in [-0.2, 0) is 16.1 Å². The molecule has 2 aromatic heterocycles. The molecule has 2 N–H and O–H groups in total. The van der Waals surface area contributed by atoms with E-state index in [1.807, 2.05) is 17.5 Å². The van der Waals surface area contributed by atoms with Crippen LogP contribution in [0.2, 0.25) is 5.02 Å². The Bertz CT molecular complexity index is 1130. The third-order valence-electron chi connectivity index (χ3n) is 4.58. The molecule has 4 rings (SSSR count). The highest BCUT2D eigenvalue weighted by atomic mass is 35.5. The Hall–Kier alpha value is -2.89. The van der Waals surface area contributed by atoms with Gasteiger partial charge in [-0.2, -0.15) is 0 Å². The van der Waals surface area contributed by atoms with Crippen LogP contribution in [-0.4, -0.2) is 44.6 Å². The molecule has 2 amide bonds. The van der Waals surface area contributed by atoms with E-state index in [9.17, 15) is 9.59 Å². The first-order valence-corrected chi connectivity index (χ1v) is 11.9. The largest absolute Gasteiger partial charge is 0.463 e. The van der Waals surface area contributed by atoms with Crippen molar-refractivity contribution in [2.24, 2.45) is 0 Å². The number of nitrogens with one attached hydrogen (secondary N) is 2. The fraction of sp³-hybridized carbons (Fsp3) is 0.250. The predicted molar refractivity (Wildman–Crippen MR) is 121 cm³/mol. The van der Waals surface area contributed by atoms with Crippen LogP contribution >= 0.6 is 34.7 Å². The van der Waals surface area contributed by atoms with Crippen LogP contribution < -0.4 is 10.6 Å². The van der Waals surface area contributed by atoms with Gasteiger partial charge in [0.1, 0.15) is 0 Å². The molecule has 9 nitrogen and oxygen atoms in total. The van der Waals surface area contributed by atoms with E-state index >= 15 is 0 Å². The zero-order valence-electron chi connectivity index (χ0n) is 16.9. The maximum Gasteiger partial charge on any atom is 0.338 e. The maximum atomic E-state index is 12.9. The Morgan fingerprint density at radius 1 is 1.31 bits per heavy atom. The van der Waals surface area contributed by atoms with Crippen molar-refractivity contribution in [3.8, 4) is 0 Å². The number of nitrogens with zero attached hydrogens (tertiary/aromatic N) is 4. The lowest BCUT2D eigenvalue weighted by atomic mass is 9.95. The van der Waals surface area contributed by atoms with E-state index < -0.39 is 18.0 Å². The highest BCUT2D eigenvalue weighted by Crippen LogP contribution is 2.31. The fourth-order valence-electron chi connectivity index (χ4n) is 3.17. The third-order valence-corrected chi connectivity index (χ3v) is 6.68. The quantitative estimate of drug-likeness (QED) is 0.367. The number of hydrogen-bond acceptors (Lipinski definition) is 8. The molecule has 1 atom stereocenters. The van der Waals surface area contributed by atoms with Gasteiger partial charge in [0.15, 0.2) is 0 Å². The monoisotopic (exact) mass is 490 g/mol. The lowest BCUT2D eigenvalue weighted by Gasteiger charge is -2.29. The van der Waals surface area contributed by atoms with E-state index in [-0.39, 0.29) is 12.4 Å². The minimum Gasteiger partial charge on any atom is -0.463 e. The molecule has 0 aliphatic carbocycles. The van der Waals surface area contributed by atoms with Gasteiger partial charge in [-0.15, -0.1) is 16.4 Å². The summed E-state index contributed by atoms with van der Waals surface area (Å²) in [7, 11) is 0. The summed E-state index contributed by atoms with van der Waals surface area (Å²) >= 11 is 8.94. The normalized spacial score (nSPS) is 15.9. The SMILES string of the molecule is CCOC(=O)C1=C(CSc2nnnn2Cc2cccs2)NC(=O)NC1c1ccc(Cl)cc1. The summed E-state index contributed by atoms with van der Waals surface area (Å²) in [5, 5.41) is 20.6. The number of rotatable bonds is 8. The molecule has 0 saturated carbocycles. The summed E-state index contributed by atoms with van der Waals surface area (Å²) in [6.07, 6.45) is 0. The first kappa shape index (κ1) is 22.3. The highest BCUT2D eigenvalue weighted by Gasteiger charge is 2.33. The number of carbonyl (C=O) groups is 2. The Morgan fingerprint density at radius 2 is 2.12 bits per heavy atom. The Labute approximate surface area is 197 Å². The Kier molecular flexibility index (Phi) is 7.08. The zero-order valence-corrected chi connectivity index (χ0v) is 19.3. The second-order valence-corrected chi connectivity index (χ2v) is 9.09. The van der Waals surface area contributed by atoms with Crippen LogP contribution in [0.4, 0.5) is 4.79 Å². The van der Waals surface area contributed by atoms with E-state index in [0.29, 0.717) is 28.0 Å². The van der Waals surface area contributed by atoms with Crippen LogP contribution in [0.15, 0.2) is 58.2 Å². The molecule has 1 aliphatic rings. The van der Waals surface area contributed by atoms with E-state index in [4.69, 9.17) is 16.3 Å². The van der Waals surface area contributed by atoms with Crippen LogP contribution in [0.1, 0.15) is 23.4 Å². The number of amides is 2. The average molecular weight is 491 g/mol. The predicted octanol–water partition coefficient (Wildman–Crippen LogP) is 3.40. The van der Waals surface area contributed by atoms with Crippen molar-refractivity contribution >= 4 is 46.7 Å². The van der Waals surface area contributed by atoms with Crippen molar-refractivity contribution in [2.45, 2.75) is 24.7 Å². The molecular formula is C20H19ClN6O3S2. The van der Waals surface area contributed by atoms with Crippen molar-refractivity contribution < 1.29 is 14.3 Å². The van der Waals surface area contributed by atoms with Gasteiger partial charge in [-0.3, -0.25) is 0 Å². The van der Waals surface area contributed by atoms with Gasteiger partial charge in [-0.25, -0.2) is 14.3 Å². The summed E-state index contributed by atoms with van der Waals surface area (Å²) < 4.78 is 6.97. The van der Waals surface area contributed by atoms with Gasteiger partial charge in [0, 0.05) is 21.3 Å². The Balaban J connectivity index is 1.62. The second-order valence-electron chi connectivity index (χ2n) is 6.68. The van der Waals surface area contributed by atoms with Gasteiger partial charge < -0.3 is 15.4 Å². The lowest BCUT2D eigenvalue weighted by molar-refractivity contribution is -0.139. The average Bonchev–Trinajstić information content (AvgIpc) is 3.45. The molecule has 0 fully saturated rings. The lowest BCUT2D eigenvalue weighted by Crippen LogP contribution is -2.46. The fourth-order valence-corrected chi connectivity index (χ4v) is 4.83. The van der Waals surface area contributed by atoms with Gasteiger partial charge >= 0.3 is 12.0 Å². The van der Waals surface area contributed by atoms with Crippen molar-refractivity contribution in [1.82, 2.24) is 30.8 Å². The number of ether oxygens (including phenoxy) is 1. The number of halogens is 1. The molecule has 166 valence electrons. The van der Waals surface area contributed by atoms with E-state index in [1.54, 1.807) is 47.2 Å². The minimum atomic E-state index is -0.669. The van der Waals surface area contributed by atoms with Crippen LogP contribution in [0.3, 0.4) is 0 Å². The smallest absolute Gasteiger partial charge is 0.338 e. The number of carbonyl (C=O) groups excluding carboxylic acids is 2. The number of benzene rings is 1. The number of thioether (sulfide) groups is 1. The summed E-state index contributed by atoms with van der Waals surface area (Å²) in [6.45, 7) is 2.49. The van der Waals surface area contributed by atoms with E-state index in [2.05, 4.69) is 26.2 Å². The topological polar surface area (TPSA) is 111 Å². The standard InChI is InChI=1S/C20H19ClN6O3S2/c1-2-30-18(28)16-15(22-19(29)23-17(16)12-5-7-13(21)8-6-12)11-32-20-24-25-26-27(20)10-14-4-3-9-31-14/h3-9,17H,2,10-11H2,1H3,(H2,22,23,29). The first-order chi connectivity index (χ1) is 15.5. The molecule has 3 aromatic rings. The molecule has 32 heavy (non-hydrogen) atoms. The molecular weight excluding hydrogens is 472 g/mol. The van der Waals surface area contributed by atoms with E-state index in [1.165, 1.54) is 11.8 Å². The molecule has 12 heteroatoms. The van der Waals surface area contributed by atoms with Gasteiger partial charge in [0.2, 0.25) is 5.16 Å². The second kappa shape index (κ2) is 10.2. The third kappa shape index (κ3) is 5.12. The zero-order chi connectivity index (χ0) is 22.5. The Morgan fingerprint density at radius 3 is 2.84 bits per heavy atom. The number of esters is 1. The molecule has 1 aliphatic heterocycles. The molecule has 0 saturated heterocycles. The summed E-state index contributed by atoms with van der Waals surface area (Å²) in [4.78, 5) is 26.4.